The number of carbonyl (C=O) groups is 1. The van der Waals surface area contributed by atoms with Gasteiger partial charge in [-0.05, 0) is 41.8 Å². The van der Waals surface area contributed by atoms with Gasteiger partial charge in [0.25, 0.3) is 0 Å². The van der Waals surface area contributed by atoms with E-state index in [0.717, 1.165) is 18.7 Å². The number of nitrogens with zero attached hydrogens (tertiary/aromatic N) is 2. The molecule has 1 amide bonds. The number of hydrogen-bond donors (Lipinski definition) is 0. The molecule has 0 radical (unpaired) electrons. The monoisotopic (exact) mass is 390 g/mol. The molecule has 2 saturated heterocycles. The van der Waals surface area contributed by atoms with Gasteiger partial charge >= 0.3 is 0 Å². The van der Waals surface area contributed by atoms with Crippen LogP contribution in [0.2, 0.25) is 5.02 Å². The lowest BCUT2D eigenvalue weighted by molar-refractivity contribution is -0.130. The third-order valence-electron chi connectivity index (χ3n) is 5.74. The van der Waals surface area contributed by atoms with Crippen LogP contribution in [0, 0.1) is 23.5 Å². The van der Waals surface area contributed by atoms with Crippen molar-refractivity contribution in [1.29, 1.82) is 0 Å². The molecule has 0 aliphatic carbocycles. The highest BCUT2D eigenvalue weighted by molar-refractivity contribution is 6.30. The van der Waals surface area contributed by atoms with E-state index in [1.54, 1.807) is 25.1 Å². The summed E-state index contributed by atoms with van der Waals surface area (Å²) in [5.41, 5.74) is 1.40. The molecule has 0 aromatic heterocycles. The summed E-state index contributed by atoms with van der Waals surface area (Å²) in [6, 6.07) is 11.0. The van der Waals surface area contributed by atoms with Crippen molar-refractivity contribution in [2.45, 2.75) is 19.5 Å². The first kappa shape index (κ1) is 18.4. The number of likely N-dealkylation sites (tertiary alicyclic amines) is 2. The summed E-state index contributed by atoms with van der Waals surface area (Å²) < 4.78 is 27.9. The molecule has 2 aliphatic rings. The van der Waals surface area contributed by atoms with E-state index < -0.39 is 0 Å². The molecule has 2 heterocycles. The van der Waals surface area contributed by atoms with Crippen LogP contribution in [0.15, 0.2) is 42.5 Å². The second-order valence-electron chi connectivity index (χ2n) is 7.52. The van der Waals surface area contributed by atoms with Crippen LogP contribution in [0.3, 0.4) is 0 Å². The number of rotatable bonds is 3. The van der Waals surface area contributed by atoms with Gasteiger partial charge in [0.15, 0.2) is 0 Å². The van der Waals surface area contributed by atoms with E-state index in [2.05, 4.69) is 4.90 Å². The predicted octanol–water partition coefficient (Wildman–Crippen LogP) is 4.27. The highest BCUT2D eigenvalue weighted by Crippen LogP contribution is 2.45. The largest absolute Gasteiger partial charge is 0.335 e. The summed E-state index contributed by atoms with van der Waals surface area (Å²) in [6.07, 6.45) is 0. The first-order valence-corrected chi connectivity index (χ1v) is 9.49. The van der Waals surface area contributed by atoms with Crippen LogP contribution >= 0.6 is 11.6 Å². The number of benzene rings is 2. The maximum atomic E-state index is 14.1. The Bertz CT molecular complexity index is 875. The zero-order valence-electron chi connectivity index (χ0n) is 15.0. The van der Waals surface area contributed by atoms with Crippen LogP contribution in [0.4, 0.5) is 8.78 Å². The molecule has 0 unspecified atom stereocenters. The van der Waals surface area contributed by atoms with Gasteiger partial charge in [0.2, 0.25) is 5.91 Å². The molecule has 4 rings (SSSR count). The van der Waals surface area contributed by atoms with Crippen molar-refractivity contribution in [3.05, 3.63) is 70.2 Å². The van der Waals surface area contributed by atoms with E-state index in [4.69, 9.17) is 11.6 Å². The first-order chi connectivity index (χ1) is 12.9. The van der Waals surface area contributed by atoms with Crippen LogP contribution in [0.25, 0.3) is 0 Å². The minimum absolute atomic E-state index is 0.00565. The van der Waals surface area contributed by atoms with E-state index in [-0.39, 0.29) is 29.5 Å². The minimum atomic E-state index is -0.296. The van der Waals surface area contributed by atoms with Crippen LogP contribution in [0.5, 0.6) is 0 Å². The molecule has 0 saturated carbocycles. The standard InChI is InChI=1S/C21H21ClF2N2O/c1-13(27)26-11-16-10-25(9-15-7-17(22)5-6-20(15)24)12-19(16)21(26)14-3-2-4-18(23)8-14/h2-8,16,19,21H,9-12H2,1H3/t16-,19-,21+/m1/s1. The maximum absolute atomic E-state index is 14.1. The van der Waals surface area contributed by atoms with Gasteiger partial charge in [-0.15, -0.1) is 0 Å². The zero-order chi connectivity index (χ0) is 19.1. The van der Waals surface area contributed by atoms with Crippen molar-refractivity contribution < 1.29 is 13.6 Å². The lowest BCUT2D eigenvalue weighted by Gasteiger charge is -2.29. The lowest BCUT2D eigenvalue weighted by Crippen LogP contribution is -2.34. The SMILES string of the molecule is CC(=O)N1C[C@H]2CN(Cc3cc(Cl)ccc3F)C[C@H]2[C@@H]1c1cccc(F)c1. The fraction of sp³-hybridized carbons (Fsp3) is 0.381. The number of carbonyl (C=O) groups excluding carboxylic acids is 1. The first-order valence-electron chi connectivity index (χ1n) is 9.11. The lowest BCUT2D eigenvalue weighted by atomic mass is 9.89. The Labute approximate surface area is 162 Å². The second-order valence-corrected chi connectivity index (χ2v) is 7.96. The quantitative estimate of drug-likeness (QED) is 0.781. The summed E-state index contributed by atoms with van der Waals surface area (Å²) in [7, 11) is 0. The van der Waals surface area contributed by atoms with Crippen LogP contribution in [0.1, 0.15) is 24.1 Å². The van der Waals surface area contributed by atoms with Gasteiger partial charge in [-0.2, -0.15) is 0 Å². The number of fused-ring (bicyclic) bond motifs is 1. The van der Waals surface area contributed by atoms with Crippen LogP contribution in [-0.4, -0.2) is 35.3 Å². The molecule has 0 bridgehead atoms. The average Bonchev–Trinajstić information content (AvgIpc) is 3.15. The summed E-state index contributed by atoms with van der Waals surface area (Å²) in [5, 5.41) is 0.520. The highest BCUT2D eigenvalue weighted by Gasteiger charge is 2.48. The molecule has 27 heavy (non-hydrogen) atoms. The Morgan fingerprint density at radius 2 is 1.96 bits per heavy atom. The Balaban J connectivity index is 1.57. The molecule has 2 fully saturated rings. The Hall–Kier alpha value is -1.98. The van der Waals surface area contributed by atoms with E-state index in [1.807, 2.05) is 11.0 Å². The van der Waals surface area contributed by atoms with E-state index >= 15 is 0 Å². The third kappa shape index (κ3) is 3.58. The van der Waals surface area contributed by atoms with Gasteiger partial charge in [0.05, 0.1) is 6.04 Å². The molecule has 3 atom stereocenters. The maximum Gasteiger partial charge on any atom is 0.219 e. The van der Waals surface area contributed by atoms with Crippen molar-refractivity contribution in [3.8, 4) is 0 Å². The molecule has 0 spiro atoms. The number of amides is 1. The average molecular weight is 391 g/mol. The second kappa shape index (κ2) is 7.21. The molecule has 6 heteroatoms. The van der Waals surface area contributed by atoms with Crippen LogP contribution in [-0.2, 0) is 11.3 Å². The summed E-state index contributed by atoms with van der Waals surface area (Å²) in [5.74, 6) is -0.0488. The predicted molar refractivity (Wildman–Crippen MR) is 100 cm³/mol. The fourth-order valence-electron chi connectivity index (χ4n) is 4.61. The smallest absolute Gasteiger partial charge is 0.219 e. The van der Waals surface area contributed by atoms with Crippen molar-refractivity contribution in [2.24, 2.45) is 11.8 Å². The van der Waals surface area contributed by atoms with Crippen molar-refractivity contribution >= 4 is 17.5 Å². The summed E-state index contributed by atoms with van der Waals surface area (Å²) in [4.78, 5) is 16.2. The molecular weight excluding hydrogens is 370 g/mol. The fourth-order valence-corrected chi connectivity index (χ4v) is 4.81. The molecule has 0 N–H and O–H groups in total. The molecule has 2 aromatic rings. The minimum Gasteiger partial charge on any atom is -0.335 e. The normalized spacial score (nSPS) is 25.0. The van der Waals surface area contributed by atoms with Gasteiger partial charge in [-0.25, -0.2) is 8.78 Å². The summed E-state index contributed by atoms with van der Waals surface area (Å²) >= 11 is 6.01. The van der Waals surface area contributed by atoms with E-state index in [1.165, 1.54) is 18.2 Å². The van der Waals surface area contributed by atoms with E-state index in [0.29, 0.717) is 29.6 Å². The van der Waals surface area contributed by atoms with Gasteiger partial charge < -0.3 is 4.90 Å². The van der Waals surface area contributed by atoms with E-state index in [9.17, 15) is 13.6 Å². The molecular formula is C21H21ClF2N2O. The van der Waals surface area contributed by atoms with Crippen LogP contribution < -0.4 is 0 Å². The van der Waals surface area contributed by atoms with Gasteiger partial charge in [0, 0.05) is 49.6 Å². The Morgan fingerprint density at radius 3 is 2.70 bits per heavy atom. The summed E-state index contributed by atoms with van der Waals surface area (Å²) in [6.45, 7) is 4.21. The molecule has 3 nitrogen and oxygen atoms in total. The van der Waals surface area contributed by atoms with Gasteiger partial charge in [-0.3, -0.25) is 9.69 Å². The molecule has 2 aliphatic heterocycles. The van der Waals surface area contributed by atoms with Crippen molar-refractivity contribution in [1.82, 2.24) is 9.80 Å². The molecule has 2 aromatic carbocycles. The molecule has 142 valence electrons. The zero-order valence-corrected chi connectivity index (χ0v) is 15.8. The van der Waals surface area contributed by atoms with Gasteiger partial charge in [-0.1, -0.05) is 23.7 Å². The Kier molecular flexibility index (Phi) is 4.91. The third-order valence-corrected chi connectivity index (χ3v) is 5.97. The van der Waals surface area contributed by atoms with Crippen molar-refractivity contribution in [2.75, 3.05) is 19.6 Å². The van der Waals surface area contributed by atoms with Gasteiger partial charge in [0.1, 0.15) is 11.6 Å². The number of halogens is 3. The van der Waals surface area contributed by atoms with Crippen molar-refractivity contribution in [3.63, 3.8) is 0 Å². The highest BCUT2D eigenvalue weighted by atomic mass is 35.5. The number of hydrogen-bond acceptors (Lipinski definition) is 2. The Morgan fingerprint density at radius 1 is 1.15 bits per heavy atom. The topological polar surface area (TPSA) is 23.6 Å².